The Labute approximate surface area is 85.3 Å². The van der Waals surface area contributed by atoms with E-state index < -0.39 is 0 Å². The van der Waals surface area contributed by atoms with Gasteiger partial charge >= 0.3 is 0 Å². The number of anilines is 1. The Hall–Kier alpha value is -1.02. The lowest BCUT2D eigenvalue weighted by molar-refractivity contribution is 0.182. The fourth-order valence-electron chi connectivity index (χ4n) is 2.02. The van der Waals surface area contributed by atoms with Crippen molar-refractivity contribution in [3.05, 3.63) is 29.3 Å². The number of fused-ring (bicyclic) bond motifs is 1. The van der Waals surface area contributed by atoms with Gasteiger partial charge in [0.05, 0.1) is 6.61 Å². The molecule has 0 aliphatic carbocycles. The molecule has 1 aromatic carbocycles. The van der Waals surface area contributed by atoms with Crippen molar-refractivity contribution in [2.45, 2.75) is 25.8 Å². The molecule has 1 N–H and O–H groups in total. The van der Waals surface area contributed by atoms with Crippen LogP contribution >= 0.6 is 0 Å². The molecule has 14 heavy (non-hydrogen) atoms. The van der Waals surface area contributed by atoms with Gasteiger partial charge in [-0.3, -0.25) is 0 Å². The van der Waals surface area contributed by atoms with Crippen LogP contribution in [0.3, 0.4) is 0 Å². The number of aryl methyl sites for hydroxylation is 2. The summed E-state index contributed by atoms with van der Waals surface area (Å²) in [6.45, 7) is 2.94. The van der Waals surface area contributed by atoms with E-state index in [1.807, 2.05) is 0 Å². The van der Waals surface area contributed by atoms with Gasteiger partial charge < -0.3 is 10.1 Å². The van der Waals surface area contributed by atoms with Crippen molar-refractivity contribution in [3.8, 4) is 0 Å². The first-order chi connectivity index (χ1) is 6.79. The predicted molar refractivity (Wildman–Crippen MR) is 58.8 cm³/mol. The molecule has 0 saturated heterocycles. The van der Waals surface area contributed by atoms with E-state index in [9.17, 15) is 0 Å². The zero-order chi connectivity index (χ0) is 9.97. The molecule has 1 aromatic rings. The third kappa shape index (κ3) is 1.90. The van der Waals surface area contributed by atoms with Gasteiger partial charge in [-0.25, -0.2) is 0 Å². The van der Waals surface area contributed by atoms with Gasteiger partial charge in [0.1, 0.15) is 0 Å². The molecule has 2 heteroatoms. The third-order valence-electron chi connectivity index (χ3n) is 2.75. The van der Waals surface area contributed by atoms with Crippen molar-refractivity contribution < 1.29 is 4.74 Å². The Balaban J connectivity index is 2.15. The molecule has 0 spiro atoms. The SMILES string of the molecule is COCC1CCc2cc(C)ccc2N1. The molecule has 0 saturated carbocycles. The summed E-state index contributed by atoms with van der Waals surface area (Å²) >= 11 is 0. The van der Waals surface area contributed by atoms with Gasteiger partial charge in [0.15, 0.2) is 0 Å². The number of methoxy groups -OCH3 is 1. The van der Waals surface area contributed by atoms with Crippen molar-refractivity contribution in [2.75, 3.05) is 19.0 Å². The largest absolute Gasteiger partial charge is 0.383 e. The van der Waals surface area contributed by atoms with Crippen LogP contribution in [-0.2, 0) is 11.2 Å². The molecule has 76 valence electrons. The topological polar surface area (TPSA) is 21.3 Å². The van der Waals surface area contributed by atoms with Crippen LogP contribution in [0.25, 0.3) is 0 Å². The third-order valence-corrected chi connectivity index (χ3v) is 2.75. The van der Waals surface area contributed by atoms with E-state index in [2.05, 4.69) is 30.4 Å². The van der Waals surface area contributed by atoms with E-state index in [4.69, 9.17) is 4.74 Å². The first-order valence-electron chi connectivity index (χ1n) is 5.14. The summed E-state index contributed by atoms with van der Waals surface area (Å²) in [5.74, 6) is 0. The molecule has 1 atom stereocenters. The molecule has 2 rings (SSSR count). The molecule has 1 unspecified atom stereocenters. The van der Waals surface area contributed by atoms with Gasteiger partial charge in [0.2, 0.25) is 0 Å². The van der Waals surface area contributed by atoms with Gasteiger partial charge in [0, 0.05) is 18.8 Å². The standard InChI is InChI=1S/C12H17NO/c1-9-3-6-12-10(7-9)4-5-11(13-12)8-14-2/h3,6-7,11,13H,4-5,8H2,1-2H3. The molecule has 1 heterocycles. The zero-order valence-corrected chi connectivity index (χ0v) is 8.84. The number of benzene rings is 1. The summed E-state index contributed by atoms with van der Waals surface area (Å²) < 4.78 is 5.16. The van der Waals surface area contributed by atoms with E-state index >= 15 is 0 Å². The molecular weight excluding hydrogens is 174 g/mol. The maximum absolute atomic E-state index is 5.16. The van der Waals surface area contributed by atoms with Crippen LogP contribution in [-0.4, -0.2) is 19.8 Å². The summed E-state index contributed by atoms with van der Waals surface area (Å²) in [4.78, 5) is 0. The molecule has 2 nitrogen and oxygen atoms in total. The molecule has 0 radical (unpaired) electrons. The Morgan fingerprint density at radius 3 is 3.14 bits per heavy atom. The maximum Gasteiger partial charge on any atom is 0.0664 e. The Morgan fingerprint density at radius 1 is 1.50 bits per heavy atom. The summed E-state index contributed by atoms with van der Waals surface area (Å²) in [5, 5.41) is 3.50. The van der Waals surface area contributed by atoms with Crippen LogP contribution in [0.15, 0.2) is 18.2 Å². The van der Waals surface area contributed by atoms with Crippen molar-refractivity contribution in [1.29, 1.82) is 0 Å². The first-order valence-corrected chi connectivity index (χ1v) is 5.14. The van der Waals surface area contributed by atoms with Crippen molar-refractivity contribution >= 4 is 5.69 Å². The van der Waals surface area contributed by atoms with E-state index in [0.29, 0.717) is 6.04 Å². The summed E-state index contributed by atoms with van der Waals surface area (Å²) in [6, 6.07) is 7.08. The van der Waals surface area contributed by atoms with Crippen LogP contribution in [0.2, 0.25) is 0 Å². The highest BCUT2D eigenvalue weighted by Gasteiger charge is 2.16. The number of hydrogen-bond acceptors (Lipinski definition) is 2. The van der Waals surface area contributed by atoms with Crippen molar-refractivity contribution in [3.63, 3.8) is 0 Å². The second-order valence-corrected chi connectivity index (χ2v) is 4.00. The zero-order valence-electron chi connectivity index (χ0n) is 8.84. The number of ether oxygens (including phenoxy) is 1. The molecule has 1 aliphatic rings. The van der Waals surface area contributed by atoms with Gasteiger partial charge in [-0.15, -0.1) is 0 Å². The van der Waals surface area contributed by atoms with Gasteiger partial charge in [-0.05, 0) is 31.4 Å². The average Bonchev–Trinajstić information content (AvgIpc) is 2.19. The average molecular weight is 191 g/mol. The molecule has 0 fully saturated rings. The summed E-state index contributed by atoms with van der Waals surface area (Å²) in [7, 11) is 1.76. The first kappa shape index (κ1) is 9.53. The summed E-state index contributed by atoms with van der Waals surface area (Å²) in [6.07, 6.45) is 2.34. The van der Waals surface area contributed by atoms with Crippen LogP contribution in [0.1, 0.15) is 17.5 Å². The lowest BCUT2D eigenvalue weighted by Crippen LogP contribution is -2.29. The fraction of sp³-hybridized carbons (Fsp3) is 0.500. The van der Waals surface area contributed by atoms with E-state index in [1.54, 1.807) is 7.11 Å². The molecule has 0 amide bonds. The smallest absolute Gasteiger partial charge is 0.0664 e. The Kier molecular flexibility index (Phi) is 2.73. The Bertz CT molecular complexity index is 322. The monoisotopic (exact) mass is 191 g/mol. The minimum absolute atomic E-state index is 0.482. The number of nitrogens with one attached hydrogen (secondary N) is 1. The highest BCUT2D eigenvalue weighted by atomic mass is 16.5. The lowest BCUT2D eigenvalue weighted by Gasteiger charge is -2.26. The van der Waals surface area contributed by atoms with Gasteiger partial charge in [0.25, 0.3) is 0 Å². The van der Waals surface area contributed by atoms with Crippen molar-refractivity contribution in [2.24, 2.45) is 0 Å². The van der Waals surface area contributed by atoms with Gasteiger partial charge in [-0.1, -0.05) is 17.7 Å². The molecule has 1 aliphatic heterocycles. The highest BCUT2D eigenvalue weighted by molar-refractivity contribution is 5.55. The molecular formula is C12H17NO. The Morgan fingerprint density at radius 2 is 2.36 bits per heavy atom. The van der Waals surface area contributed by atoms with Gasteiger partial charge in [-0.2, -0.15) is 0 Å². The van der Waals surface area contributed by atoms with E-state index in [-0.39, 0.29) is 0 Å². The predicted octanol–water partition coefficient (Wildman–Crippen LogP) is 2.37. The molecule has 0 aromatic heterocycles. The normalized spacial score (nSPS) is 20.0. The lowest BCUT2D eigenvalue weighted by atomic mass is 9.97. The number of rotatable bonds is 2. The summed E-state index contributed by atoms with van der Waals surface area (Å²) in [5.41, 5.74) is 4.07. The number of hydrogen-bond donors (Lipinski definition) is 1. The van der Waals surface area contributed by atoms with E-state index in [0.717, 1.165) is 13.0 Å². The minimum Gasteiger partial charge on any atom is -0.383 e. The van der Waals surface area contributed by atoms with Crippen LogP contribution in [0.4, 0.5) is 5.69 Å². The molecule has 0 bridgehead atoms. The van der Waals surface area contributed by atoms with E-state index in [1.165, 1.54) is 23.2 Å². The highest BCUT2D eigenvalue weighted by Crippen LogP contribution is 2.25. The van der Waals surface area contributed by atoms with Crippen LogP contribution in [0.5, 0.6) is 0 Å². The minimum atomic E-state index is 0.482. The quantitative estimate of drug-likeness (QED) is 0.775. The second-order valence-electron chi connectivity index (χ2n) is 4.00. The van der Waals surface area contributed by atoms with Crippen LogP contribution in [0, 0.1) is 6.92 Å². The fourth-order valence-corrected chi connectivity index (χ4v) is 2.02. The maximum atomic E-state index is 5.16. The van der Waals surface area contributed by atoms with Crippen molar-refractivity contribution in [1.82, 2.24) is 0 Å². The van der Waals surface area contributed by atoms with Crippen LogP contribution < -0.4 is 5.32 Å². The second kappa shape index (κ2) is 4.01.